The first-order valence-electron chi connectivity index (χ1n) is 8.33. The maximum atomic E-state index is 5.52. The number of hydrogen-bond donors (Lipinski definition) is 0. The zero-order valence-electron chi connectivity index (χ0n) is 13.8. The third kappa shape index (κ3) is 2.75. The van der Waals surface area contributed by atoms with Gasteiger partial charge in [-0.15, -0.1) is 0 Å². The van der Waals surface area contributed by atoms with Crippen LogP contribution < -0.4 is 4.74 Å². The number of fused-ring (bicyclic) bond motifs is 3. The van der Waals surface area contributed by atoms with Gasteiger partial charge in [-0.2, -0.15) is 0 Å². The quantitative estimate of drug-likeness (QED) is 0.795. The summed E-state index contributed by atoms with van der Waals surface area (Å²) < 4.78 is 10.5. The molecule has 3 heteroatoms. The fourth-order valence-corrected chi connectivity index (χ4v) is 3.90. The van der Waals surface area contributed by atoms with Crippen molar-refractivity contribution in [2.75, 3.05) is 21.0 Å². The van der Waals surface area contributed by atoms with Crippen LogP contribution in [0.15, 0.2) is 42.5 Å². The number of hydrogen-bond acceptors (Lipinski definition) is 3. The molecule has 2 bridgehead atoms. The van der Waals surface area contributed by atoms with Crippen LogP contribution in [-0.2, 0) is 4.74 Å². The Labute approximate surface area is 137 Å². The summed E-state index contributed by atoms with van der Waals surface area (Å²) in [6.45, 7) is 0.284. The van der Waals surface area contributed by atoms with Gasteiger partial charge in [0.25, 0.3) is 0 Å². The van der Waals surface area contributed by atoms with Crippen molar-refractivity contribution in [1.29, 1.82) is 0 Å². The summed E-state index contributed by atoms with van der Waals surface area (Å²) >= 11 is 0. The van der Waals surface area contributed by atoms with Crippen LogP contribution >= 0.6 is 0 Å². The molecular weight excluding hydrogens is 286 g/mol. The maximum absolute atomic E-state index is 5.52. The summed E-state index contributed by atoms with van der Waals surface area (Å²) in [5.41, 5.74) is 2.88. The fraction of sp³-hybridized carbons (Fsp3) is 0.400. The predicted octanol–water partition coefficient (Wildman–Crippen LogP) is 4.07. The number of methoxy groups -OCH3 is 1. The lowest BCUT2D eigenvalue weighted by Gasteiger charge is -2.30. The van der Waals surface area contributed by atoms with E-state index in [0.717, 1.165) is 11.8 Å². The zero-order valence-corrected chi connectivity index (χ0v) is 13.8. The molecule has 120 valence electrons. The molecule has 3 nitrogen and oxygen atoms in total. The largest absolute Gasteiger partial charge is 0.468 e. The summed E-state index contributed by atoms with van der Waals surface area (Å²) in [4.78, 5) is 2.53. The number of likely N-dealkylation sites (N-methyl/N-ethyl adjacent to an activating group) is 1. The third-order valence-corrected chi connectivity index (χ3v) is 5.27. The van der Waals surface area contributed by atoms with Crippen LogP contribution in [0.1, 0.15) is 24.8 Å². The molecule has 4 rings (SSSR count). The van der Waals surface area contributed by atoms with Gasteiger partial charge in [0.15, 0.2) is 6.79 Å². The van der Waals surface area contributed by atoms with Crippen LogP contribution in [0, 0.1) is 0 Å². The first-order chi connectivity index (χ1) is 11.2. The van der Waals surface area contributed by atoms with Crippen molar-refractivity contribution in [3.63, 3.8) is 0 Å². The number of benzene rings is 2. The average molecular weight is 309 g/mol. The van der Waals surface area contributed by atoms with Gasteiger partial charge in [-0.1, -0.05) is 24.3 Å². The summed E-state index contributed by atoms with van der Waals surface area (Å²) in [7, 11) is 3.90. The standard InChI is InChI=1S/C20H23NO2/c1-21-18-6-7-19(21)11-17(10-18)15-3-4-16-12-20(23-13-22-2)8-5-14(16)9-15/h3-5,8-10,12,18-19H,6-7,11,13H2,1-2H3. The van der Waals surface area contributed by atoms with Gasteiger partial charge in [0.05, 0.1) is 0 Å². The van der Waals surface area contributed by atoms with E-state index in [9.17, 15) is 0 Å². The molecule has 0 aliphatic carbocycles. The molecular formula is C20H23NO2. The minimum atomic E-state index is 0.284. The SMILES string of the molecule is COCOc1ccc2cc(C3=CC4CCC(C3)N4C)ccc2c1. The van der Waals surface area contributed by atoms with E-state index in [-0.39, 0.29) is 6.79 Å². The van der Waals surface area contributed by atoms with Crippen molar-refractivity contribution < 1.29 is 9.47 Å². The minimum absolute atomic E-state index is 0.284. The van der Waals surface area contributed by atoms with Crippen molar-refractivity contribution in [2.24, 2.45) is 0 Å². The summed E-state index contributed by atoms with van der Waals surface area (Å²) in [5.74, 6) is 0.851. The Kier molecular flexibility index (Phi) is 3.83. The summed E-state index contributed by atoms with van der Waals surface area (Å²) in [5, 5.41) is 2.47. The van der Waals surface area contributed by atoms with E-state index in [1.54, 1.807) is 7.11 Å². The molecule has 2 aromatic carbocycles. The van der Waals surface area contributed by atoms with Gasteiger partial charge in [-0.25, -0.2) is 0 Å². The van der Waals surface area contributed by atoms with Crippen molar-refractivity contribution in [1.82, 2.24) is 4.90 Å². The molecule has 0 radical (unpaired) electrons. The van der Waals surface area contributed by atoms with Crippen molar-refractivity contribution in [2.45, 2.75) is 31.3 Å². The van der Waals surface area contributed by atoms with Crippen LogP contribution in [0.3, 0.4) is 0 Å². The lowest BCUT2D eigenvalue weighted by Crippen LogP contribution is -2.34. The van der Waals surface area contributed by atoms with Gasteiger partial charge in [0.1, 0.15) is 5.75 Å². The zero-order chi connectivity index (χ0) is 15.8. The maximum Gasteiger partial charge on any atom is 0.188 e. The lowest BCUT2D eigenvalue weighted by molar-refractivity contribution is 0.0512. The van der Waals surface area contributed by atoms with Gasteiger partial charge in [-0.3, -0.25) is 4.90 Å². The Morgan fingerprint density at radius 1 is 1.09 bits per heavy atom. The highest BCUT2D eigenvalue weighted by Gasteiger charge is 2.33. The second-order valence-electron chi connectivity index (χ2n) is 6.63. The van der Waals surface area contributed by atoms with E-state index in [1.807, 2.05) is 6.07 Å². The van der Waals surface area contributed by atoms with Gasteiger partial charge >= 0.3 is 0 Å². The lowest BCUT2D eigenvalue weighted by atomic mass is 9.93. The van der Waals surface area contributed by atoms with Gasteiger partial charge in [0, 0.05) is 19.2 Å². The molecule has 0 aromatic heterocycles. The smallest absolute Gasteiger partial charge is 0.188 e. The van der Waals surface area contributed by atoms with E-state index in [2.05, 4.69) is 48.4 Å². The second kappa shape index (κ2) is 5.99. The normalized spacial score (nSPS) is 24.0. The monoisotopic (exact) mass is 309 g/mol. The Hall–Kier alpha value is -1.84. The minimum Gasteiger partial charge on any atom is -0.468 e. The molecule has 0 amide bonds. The molecule has 2 heterocycles. The van der Waals surface area contributed by atoms with Gasteiger partial charge in [-0.05, 0) is 66.4 Å². The molecule has 0 saturated carbocycles. The van der Waals surface area contributed by atoms with E-state index < -0.39 is 0 Å². The topological polar surface area (TPSA) is 21.7 Å². The Morgan fingerprint density at radius 3 is 2.74 bits per heavy atom. The van der Waals surface area contributed by atoms with Crippen molar-refractivity contribution >= 4 is 16.3 Å². The number of nitrogens with zero attached hydrogens (tertiary/aromatic N) is 1. The number of rotatable bonds is 4. The Balaban J connectivity index is 1.63. The second-order valence-corrected chi connectivity index (χ2v) is 6.63. The van der Waals surface area contributed by atoms with Crippen LogP contribution in [0.2, 0.25) is 0 Å². The van der Waals surface area contributed by atoms with Crippen LogP contribution in [0.4, 0.5) is 0 Å². The van der Waals surface area contributed by atoms with E-state index in [0.29, 0.717) is 6.04 Å². The molecule has 1 saturated heterocycles. The molecule has 1 fully saturated rings. The summed E-state index contributed by atoms with van der Waals surface area (Å²) in [6, 6.07) is 14.3. The molecule has 0 spiro atoms. The van der Waals surface area contributed by atoms with Gasteiger partial charge in [0.2, 0.25) is 0 Å². The molecule has 0 N–H and O–H groups in total. The van der Waals surface area contributed by atoms with Crippen molar-refractivity contribution in [3.8, 4) is 5.75 Å². The fourth-order valence-electron chi connectivity index (χ4n) is 3.90. The first kappa shape index (κ1) is 14.7. The average Bonchev–Trinajstić information content (AvgIpc) is 2.80. The Bertz CT molecular complexity index is 752. The molecule has 2 unspecified atom stereocenters. The highest BCUT2D eigenvalue weighted by molar-refractivity contribution is 5.87. The highest BCUT2D eigenvalue weighted by Crippen LogP contribution is 2.38. The Morgan fingerprint density at radius 2 is 1.91 bits per heavy atom. The van der Waals surface area contributed by atoms with E-state index in [4.69, 9.17) is 9.47 Å². The van der Waals surface area contributed by atoms with E-state index in [1.165, 1.54) is 41.2 Å². The van der Waals surface area contributed by atoms with E-state index >= 15 is 0 Å². The first-order valence-corrected chi connectivity index (χ1v) is 8.33. The number of ether oxygens (including phenoxy) is 2. The van der Waals surface area contributed by atoms with Gasteiger partial charge < -0.3 is 9.47 Å². The molecule has 2 aromatic rings. The predicted molar refractivity (Wildman–Crippen MR) is 93.6 cm³/mol. The third-order valence-electron chi connectivity index (χ3n) is 5.27. The van der Waals surface area contributed by atoms with Crippen LogP contribution in [-0.4, -0.2) is 37.9 Å². The molecule has 2 atom stereocenters. The summed E-state index contributed by atoms with van der Waals surface area (Å²) in [6.07, 6.45) is 6.28. The highest BCUT2D eigenvalue weighted by atomic mass is 16.7. The van der Waals surface area contributed by atoms with Crippen LogP contribution in [0.5, 0.6) is 5.75 Å². The molecule has 2 aliphatic rings. The molecule has 23 heavy (non-hydrogen) atoms. The van der Waals surface area contributed by atoms with Crippen molar-refractivity contribution in [3.05, 3.63) is 48.0 Å². The molecule has 2 aliphatic heterocycles. The van der Waals surface area contributed by atoms with Crippen LogP contribution in [0.25, 0.3) is 16.3 Å².